The molecule has 0 saturated carbocycles. The summed E-state index contributed by atoms with van der Waals surface area (Å²) in [5.74, 6) is 0.393. The molecule has 0 radical (unpaired) electrons. The molecule has 2 aromatic rings. The molecular weight excluding hydrogens is 349 g/mol. The van der Waals surface area contributed by atoms with Crippen molar-refractivity contribution >= 4 is 24.5 Å². The lowest BCUT2D eigenvalue weighted by atomic mass is 10.2. The van der Waals surface area contributed by atoms with E-state index in [1.807, 2.05) is 0 Å². The zero-order chi connectivity index (χ0) is 18.4. The summed E-state index contributed by atoms with van der Waals surface area (Å²) in [5.41, 5.74) is 0.388. The van der Waals surface area contributed by atoms with Crippen LogP contribution < -0.4 is 24.8 Å². The van der Waals surface area contributed by atoms with Gasteiger partial charge in [-0.2, -0.15) is 0 Å². The highest BCUT2D eigenvalue weighted by atomic mass is 31.2. The Hall–Kier alpha value is -2.54. The number of carbonyl (C=O) groups is 1. The van der Waals surface area contributed by atoms with E-state index in [-0.39, 0.29) is 11.1 Å². The number of hydrogen-bond donors (Lipinski definition) is 3. The van der Waals surface area contributed by atoms with Gasteiger partial charge in [-0.1, -0.05) is 12.1 Å². The summed E-state index contributed by atoms with van der Waals surface area (Å²) in [6.45, 7) is -0.433. The Balaban J connectivity index is 2.09. The molecule has 0 spiro atoms. The van der Waals surface area contributed by atoms with Gasteiger partial charge in [0.2, 0.25) is 0 Å². The van der Waals surface area contributed by atoms with Gasteiger partial charge in [-0.05, 0) is 24.3 Å². The van der Waals surface area contributed by atoms with E-state index < -0.39 is 20.1 Å². The molecule has 0 aliphatic carbocycles. The molecule has 0 atom stereocenters. The Morgan fingerprint density at radius 1 is 1.08 bits per heavy atom. The van der Waals surface area contributed by atoms with Crippen LogP contribution in [-0.2, 0) is 9.36 Å². The first kappa shape index (κ1) is 18.8. The number of benzene rings is 2. The van der Waals surface area contributed by atoms with Gasteiger partial charge in [-0.15, -0.1) is 0 Å². The van der Waals surface area contributed by atoms with Crippen molar-refractivity contribution in [2.45, 2.75) is 0 Å². The van der Waals surface area contributed by atoms with Crippen LogP contribution in [0.5, 0.6) is 17.2 Å². The molecule has 25 heavy (non-hydrogen) atoms. The Morgan fingerprint density at radius 2 is 1.80 bits per heavy atom. The highest BCUT2D eigenvalue weighted by Gasteiger charge is 2.22. The fraction of sp³-hybridized carbons (Fsp3) is 0.188. The largest absolute Gasteiger partial charge is 0.497 e. The lowest BCUT2D eigenvalue weighted by Gasteiger charge is -2.14. The van der Waals surface area contributed by atoms with Crippen LogP contribution in [0.1, 0.15) is 0 Å². The smallest absolute Gasteiger partial charge is 0.359 e. The molecule has 0 aliphatic heterocycles. The van der Waals surface area contributed by atoms with E-state index in [0.717, 1.165) is 0 Å². The third-order valence-corrected chi connectivity index (χ3v) is 4.22. The van der Waals surface area contributed by atoms with E-state index in [0.29, 0.717) is 17.2 Å². The zero-order valence-electron chi connectivity index (χ0n) is 13.6. The highest BCUT2D eigenvalue weighted by Crippen LogP contribution is 2.37. The molecule has 2 aromatic carbocycles. The molecule has 3 N–H and O–H groups in total. The van der Waals surface area contributed by atoms with Crippen LogP contribution in [0, 0.1) is 0 Å². The van der Waals surface area contributed by atoms with E-state index in [1.54, 1.807) is 24.3 Å². The van der Waals surface area contributed by atoms with E-state index >= 15 is 0 Å². The minimum Gasteiger partial charge on any atom is -0.497 e. The average Bonchev–Trinajstić information content (AvgIpc) is 2.59. The molecule has 0 aliphatic rings. The zero-order valence-corrected chi connectivity index (χ0v) is 14.5. The predicted octanol–water partition coefficient (Wildman–Crippen LogP) is 1.52. The summed E-state index contributed by atoms with van der Waals surface area (Å²) < 4.78 is 26.9. The molecule has 1 amide bonds. The molecule has 0 unspecified atom stereocenters. The van der Waals surface area contributed by atoms with Gasteiger partial charge in [0.1, 0.15) is 22.6 Å². The van der Waals surface area contributed by atoms with Crippen LogP contribution in [-0.4, -0.2) is 36.5 Å². The molecule has 0 heterocycles. The standard InChI is InChI=1S/C16H18NO7P/c1-22-11-7-8-13(23-2)12(9-11)17-16(18)10-24-14-5-3-4-6-15(14)25(19,20)21/h3-9H,10H2,1-2H3,(H,17,18)(H2,19,20,21). The summed E-state index contributed by atoms with van der Waals surface area (Å²) >= 11 is 0. The van der Waals surface area contributed by atoms with E-state index in [4.69, 9.17) is 14.2 Å². The van der Waals surface area contributed by atoms with Gasteiger partial charge in [-0.25, -0.2) is 0 Å². The molecule has 0 aromatic heterocycles. The summed E-state index contributed by atoms with van der Waals surface area (Å²) in [7, 11) is -1.54. The number of amides is 1. The Bertz CT molecular complexity index is 803. The van der Waals surface area contributed by atoms with E-state index in [9.17, 15) is 19.1 Å². The number of methoxy groups -OCH3 is 2. The number of ether oxygens (including phenoxy) is 3. The van der Waals surface area contributed by atoms with Crippen molar-refractivity contribution in [3.8, 4) is 17.2 Å². The second kappa shape index (κ2) is 8.02. The molecule has 9 heteroatoms. The van der Waals surface area contributed by atoms with Gasteiger partial charge >= 0.3 is 7.60 Å². The molecule has 0 bridgehead atoms. The SMILES string of the molecule is COc1ccc(OC)c(NC(=O)COc2ccccc2P(=O)(O)O)c1. The molecule has 0 saturated heterocycles. The Labute approximate surface area is 144 Å². The van der Waals surface area contributed by atoms with E-state index in [1.165, 1.54) is 32.4 Å². The van der Waals surface area contributed by atoms with Crippen molar-refractivity contribution in [2.24, 2.45) is 0 Å². The third-order valence-electron chi connectivity index (χ3n) is 3.22. The van der Waals surface area contributed by atoms with E-state index in [2.05, 4.69) is 5.32 Å². The first-order valence-corrected chi connectivity index (χ1v) is 8.76. The number of nitrogens with one attached hydrogen (secondary N) is 1. The van der Waals surface area contributed by atoms with Crippen molar-refractivity contribution in [3.05, 3.63) is 42.5 Å². The van der Waals surface area contributed by atoms with Crippen LogP contribution >= 0.6 is 7.60 Å². The van der Waals surface area contributed by atoms with Gasteiger partial charge in [0, 0.05) is 6.07 Å². The summed E-state index contributed by atoms with van der Waals surface area (Å²) in [5, 5.41) is 2.33. The molecule has 8 nitrogen and oxygen atoms in total. The minimum absolute atomic E-state index is 0.0522. The summed E-state index contributed by atoms with van der Waals surface area (Å²) in [6, 6.07) is 10.6. The number of anilines is 1. The summed E-state index contributed by atoms with van der Waals surface area (Å²) in [4.78, 5) is 30.7. The molecule has 2 rings (SSSR count). The van der Waals surface area contributed by atoms with Crippen LogP contribution in [0.3, 0.4) is 0 Å². The van der Waals surface area contributed by atoms with Crippen molar-refractivity contribution in [1.82, 2.24) is 0 Å². The number of hydrogen-bond acceptors (Lipinski definition) is 5. The maximum absolute atomic E-state index is 12.1. The van der Waals surface area contributed by atoms with Crippen LogP contribution in [0.25, 0.3) is 0 Å². The van der Waals surface area contributed by atoms with Crippen molar-refractivity contribution < 1.29 is 33.4 Å². The maximum Gasteiger partial charge on any atom is 0.359 e. The van der Waals surface area contributed by atoms with Gasteiger partial charge in [0.05, 0.1) is 19.9 Å². The Morgan fingerprint density at radius 3 is 2.44 bits per heavy atom. The quantitative estimate of drug-likeness (QED) is 0.636. The third kappa shape index (κ3) is 4.96. The van der Waals surface area contributed by atoms with Gasteiger partial charge in [0.25, 0.3) is 5.91 Å². The van der Waals surface area contributed by atoms with Crippen molar-refractivity contribution in [3.63, 3.8) is 0 Å². The fourth-order valence-corrected chi connectivity index (χ4v) is 2.77. The number of para-hydroxylation sites is 1. The second-order valence-corrected chi connectivity index (χ2v) is 6.48. The van der Waals surface area contributed by atoms with Crippen LogP contribution in [0.4, 0.5) is 5.69 Å². The first-order valence-electron chi connectivity index (χ1n) is 7.15. The van der Waals surface area contributed by atoms with Crippen molar-refractivity contribution in [2.75, 3.05) is 26.1 Å². The maximum atomic E-state index is 12.1. The van der Waals surface area contributed by atoms with Gasteiger partial charge in [-0.3, -0.25) is 9.36 Å². The summed E-state index contributed by atoms with van der Waals surface area (Å²) in [6.07, 6.45) is 0. The second-order valence-electron chi connectivity index (χ2n) is 4.91. The predicted molar refractivity (Wildman–Crippen MR) is 91.8 cm³/mol. The lowest BCUT2D eigenvalue weighted by Crippen LogP contribution is -2.22. The molecular formula is C16H18NO7P. The van der Waals surface area contributed by atoms with Crippen molar-refractivity contribution in [1.29, 1.82) is 0 Å². The minimum atomic E-state index is -4.50. The topological polar surface area (TPSA) is 114 Å². The first-order chi connectivity index (χ1) is 11.8. The van der Waals surface area contributed by atoms with Crippen LogP contribution in [0.15, 0.2) is 42.5 Å². The lowest BCUT2D eigenvalue weighted by molar-refractivity contribution is -0.118. The van der Waals surface area contributed by atoms with Gasteiger partial charge < -0.3 is 29.3 Å². The average molecular weight is 367 g/mol. The molecule has 134 valence electrons. The normalized spacial score (nSPS) is 10.9. The monoisotopic (exact) mass is 367 g/mol. The highest BCUT2D eigenvalue weighted by molar-refractivity contribution is 7.60. The fourth-order valence-electron chi connectivity index (χ4n) is 2.06. The van der Waals surface area contributed by atoms with Crippen LogP contribution in [0.2, 0.25) is 0 Å². The number of rotatable bonds is 7. The number of carbonyl (C=O) groups excluding carboxylic acids is 1. The molecule has 0 fully saturated rings. The Kier molecular flexibility index (Phi) is 6.03. The van der Waals surface area contributed by atoms with Gasteiger partial charge in [0.15, 0.2) is 6.61 Å².